The van der Waals surface area contributed by atoms with E-state index in [0.29, 0.717) is 12.2 Å². The number of nitrogens with zero attached hydrogens (tertiary/aromatic N) is 2. The molecule has 0 aliphatic carbocycles. The largest absolute Gasteiger partial charge is 0.465 e. The summed E-state index contributed by atoms with van der Waals surface area (Å²) >= 11 is 1.74. The molecule has 0 radical (unpaired) electrons. The van der Waals surface area contributed by atoms with Crippen molar-refractivity contribution in [3.8, 4) is 0 Å². The van der Waals surface area contributed by atoms with E-state index in [2.05, 4.69) is 16.3 Å². The van der Waals surface area contributed by atoms with Crippen molar-refractivity contribution in [2.24, 2.45) is 0 Å². The van der Waals surface area contributed by atoms with Crippen LogP contribution >= 0.6 is 11.3 Å². The van der Waals surface area contributed by atoms with Gasteiger partial charge in [-0.1, -0.05) is 0 Å². The second-order valence-corrected chi connectivity index (χ2v) is 9.15. The van der Waals surface area contributed by atoms with Crippen molar-refractivity contribution in [2.75, 3.05) is 32.6 Å². The first kappa shape index (κ1) is 17.9. The number of benzene rings is 1. The normalized spacial score (nSPS) is 14.5. The van der Waals surface area contributed by atoms with E-state index in [9.17, 15) is 13.2 Å². The highest BCUT2D eigenvalue weighted by atomic mass is 32.2. The van der Waals surface area contributed by atoms with Crippen LogP contribution in [0.5, 0.6) is 0 Å². The predicted molar refractivity (Wildman–Crippen MR) is 97.7 cm³/mol. The number of thiophene rings is 1. The van der Waals surface area contributed by atoms with E-state index in [1.807, 2.05) is 0 Å². The Bertz CT molecular complexity index is 903. The van der Waals surface area contributed by atoms with Crippen LogP contribution < -0.4 is 4.90 Å². The molecule has 25 heavy (non-hydrogen) atoms. The zero-order valence-corrected chi connectivity index (χ0v) is 16.0. The first-order valence-electron chi connectivity index (χ1n) is 7.79. The molecule has 0 saturated carbocycles. The number of methoxy groups -OCH3 is 1. The predicted octanol–water partition coefficient (Wildman–Crippen LogP) is 2.35. The maximum absolute atomic E-state index is 12.4. The summed E-state index contributed by atoms with van der Waals surface area (Å²) in [6.07, 6.45) is 0.908. The molecule has 0 N–H and O–H groups in total. The lowest BCUT2D eigenvalue weighted by atomic mass is 10.1. The molecule has 1 aliphatic rings. The van der Waals surface area contributed by atoms with E-state index in [0.717, 1.165) is 17.3 Å². The zero-order chi connectivity index (χ0) is 18.2. The molecular formula is C17H20N2O4S2. The maximum atomic E-state index is 12.4. The number of rotatable bonds is 4. The average molecular weight is 380 g/mol. The minimum absolute atomic E-state index is 0.0786. The van der Waals surface area contributed by atoms with E-state index in [1.165, 1.54) is 37.7 Å². The summed E-state index contributed by atoms with van der Waals surface area (Å²) in [6.45, 7) is 1.47. The third-order valence-corrected chi connectivity index (χ3v) is 7.13. The Morgan fingerprint density at radius 3 is 2.72 bits per heavy atom. The van der Waals surface area contributed by atoms with Gasteiger partial charge in [0.2, 0.25) is 10.0 Å². The third-order valence-electron chi connectivity index (χ3n) is 4.30. The number of fused-ring (bicyclic) bond motifs is 1. The Kier molecular flexibility index (Phi) is 4.86. The molecule has 0 atom stereocenters. The number of hydrogen-bond donors (Lipinski definition) is 0. The van der Waals surface area contributed by atoms with Crippen LogP contribution in [-0.2, 0) is 27.7 Å². The lowest BCUT2D eigenvalue weighted by molar-refractivity contribution is 0.0601. The van der Waals surface area contributed by atoms with Crippen LogP contribution in [0.25, 0.3) is 0 Å². The van der Waals surface area contributed by atoms with Gasteiger partial charge in [-0.3, -0.25) is 0 Å². The first-order valence-corrected chi connectivity index (χ1v) is 10.1. The first-order chi connectivity index (χ1) is 11.8. The molecule has 3 rings (SSSR count). The topological polar surface area (TPSA) is 66.9 Å². The van der Waals surface area contributed by atoms with Crippen molar-refractivity contribution in [3.63, 3.8) is 0 Å². The third kappa shape index (κ3) is 3.29. The van der Waals surface area contributed by atoms with Gasteiger partial charge in [-0.25, -0.2) is 17.5 Å². The fourth-order valence-corrected chi connectivity index (χ4v) is 4.71. The number of carbonyl (C=O) groups is 1. The Morgan fingerprint density at radius 1 is 1.28 bits per heavy atom. The van der Waals surface area contributed by atoms with Crippen LogP contribution in [0.15, 0.2) is 34.5 Å². The highest BCUT2D eigenvalue weighted by Gasteiger charge is 2.25. The van der Waals surface area contributed by atoms with Gasteiger partial charge in [-0.15, -0.1) is 11.3 Å². The molecule has 1 aromatic carbocycles. The zero-order valence-electron chi connectivity index (χ0n) is 14.4. The smallest absolute Gasteiger partial charge is 0.340 e. The fraction of sp³-hybridized carbons (Fsp3) is 0.353. The van der Waals surface area contributed by atoms with E-state index in [4.69, 9.17) is 4.74 Å². The van der Waals surface area contributed by atoms with E-state index in [1.54, 1.807) is 23.5 Å². The Balaban J connectivity index is 2.04. The van der Waals surface area contributed by atoms with Crippen molar-refractivity contribution < 1.29 is 17.9 Å². The number of carbonyl (C=O) groups excluding carboxylic acids is 1. The molecule has 0 bridgehead atoms. The lowest BCUT2D eigenvalue weighted by Gasteiger charge is -2.30. The van der Waals surface area contributed by atoms with Crippen LogP contribution in [-0.4, -0.2) is 46.4 Å². The van der Waals surface area contributed by atoms with Crippen LogP contribution in [0, 0.1) is 0 Å². The maximum Gasteiger partial charge on any atom is 0.340 e. The summed E-state index contributed by atoms with van der Waals surface area (Å²) in [7, 11) is 0.603. The van der Waals surface area contributed by atoms with Gasteiger partial charge in [0.1, 0.15) is 0 Å². The van der Waals surface area contributed by atoms with Gasteiger partial charge in [-0.05, 0) is 41.6 Å². The Labute approximate surface area is 151 Å². The summed E-state index contributed by atoms with van der Waals surface area (Å²) in [5.41, 5.74) is 2.21. The number of hydrogen-bond acceptors (Lipinski definition) is 6. The van der Waals surface area contributed by atoms with Crippen molar-refractivity contribution in [1.82, 2.24) is 4.31 Å². The monoisotopic (exact) mass is 380 g/mol. The molecule has 0 fully saturated rings. The van der Waals surface area contributed by atoms with Gasteiger partial charge >= 0.3 is 5.97 Å². The molecule has 8 heteroatoms. The van der Waals surface area contributed by atoms with Crippen molar-refractivity contribution in [2.45, 2.75) is 17.9 Å². The Morgan fingerprint density at radius 2 is 2.04 bits per heavy atom. The molecule has 6 nitrogen and oxygen atoms in total. The highest BCUT2D eigenvalue weighted by molar-refractivity contribution is 7.89. The van der Waals surface area contributed by atoms with Crippen LogP contribution in [0.4, 0.5) is 5.69 Å². The molecule has 0 spiro atoms. The van der Waals surface area contributed by atoms with Crippen molar-refractivity contribution in [1.29, 1.82) is 0 Å². The summed E-state index contributed by atoms with van der Waals surface area (Å²) in [6, 6.07) is 6.73. The summed E-state index contributed by atoms with van der Waals surface area (Å²) in [4.78, 5) is 15.8. The molecule has 1 aromatic heterocycles. The van der Waals surface area contributed by atoms with Gasteiger partial charge in [0.05, 0.1) is 23.3 Å². The summed E-state index contributed by atoms with van der Waals surface area (Å²) in [5, 5.41) is 2.07. The van der Waals surface area contributed by atoms with Gasteiger partial charge in [-0.2, -0.15) is 0 Å². The molecule has 2 aromatic rings. The summed E-state index contributed by atoms with van der Waals surface area (Å²) in [5.74, 6) is -0.540. The fourth-order valence-electron chi connectivity index (χ4n) is 2.89. The minimum atomic E-state index is -3.62. The van der Waals surface area contributed by atoms with Crippen LogP contribution in [0.1, 0.15) is 20.8 Å². The minimum Gasteiger partial charge on any atom is -0.465 e. The van der Waals surface area contributed by atoms with Gasteiger partial charge in [0.25, 0.3) is 0 Å². The summed E-state index contributed by atoms with van der Waals surface area (Å²) < 4.78 is 30.8. The molecule has 2 heterocycles. The van der Waals surface area contributed by atoms with E-state index >= 15 is 0 Å². The average Bonchev–Trinajstić information content (AvgIpc) is 3.08. The number of ether oxygens (including phenoxy) is 1. The molecule has 134 valence electrons. The van der Waals surface area contributed by atoms with Gasteiger partial charge in [0, 0.05) is 32.1 Å². The van der Waals surface area contributed by atoms with E-state index in [-0.39, 0.29) is 10.5 Å². The standard InChI is InChI=1S/C17H20N2O4S2/c1-18(2)25(21,22)13-4-5-15(14(10-13)17(20)23-3)19-8-6-16-12(11-19)7-9-24-16/h4-5,7,9-10H,6,8,11H2,1-3H3. The SMILES string of the molecule is COC(=O)c1cc(S(=O)(=O)N(C)C)ccc1N1CCc2sccc2C1. The van der Waals surface area contributed by atoms with Crippen LogP contribution in [0.3, 0.4) is 0 Å². The number of esters is 1. The van der Waals surface area contributed by atoms with E-state index < -0.39 is 16.0 Å². The van der Waals surface area contributed by atoms with Crippen LogP contribution in [0.2, 0.25) is 0 Å². The van der Waals surface area contributed by atoms with Crippen molar-refractivity contribution in [3.05, 3.63) is 45.6 Å². The molecular weight excluding hydrogens is 360 g/mol. The van der Waals surface area contributed by atoms with Gasteiger partial charge in [0.15, 0.2) is 0 Å². The lowest BCUT2D eigenvalue weighted by Crippen LogP contribution is -2.31. The highest BCUT2D eigenvalue weighted by Crippen LogP contribution is 2.31. The van der Waals surface area contributed by atoms with Gasteiger partial charge < -0.3 is 9.64 Å². The Hall–Kier alpha value is -1.90. The van der Waals surface area contributed by atoms with Crippen molar-refractivity contribution >= 4 is 33.0 Å². The number of sulfonamides is 1. The molecule has 0 amide bonds. The number of anilines is 1. The second kappa shape index (κ2) is 6.78. The second-order valence-electron chi connectivity index (χ2n) is 6.00. The molecule has 0 unspecified atom stereocenters. The molecule has 1 aliphatic heterocycles. The molecule has 0 saturated heterocycles. The quantitative estimate of drug-likeness (QED) is 0.762.